The predicted octanol–water partition coefficient (Wildman–Crippen LogP) is 8.26. The van der Waals surface area contributed by atoms with Gasteiger partial charge in [0.1, 0.15) is 11.6 Å². The first-order valence-corrected chi connectivity index (χ1v) is 12.0. The Hall–Kier alpha value is -1.57. The summed E-state index contributed by atoms with van der Waals surface area (Å²) in [7, 11) is 0. The highest BCUT2D eigenvalue weighted by molar-refractivity contribution is 5.85. The van der Waals surface area contributed by atoms with Crippen molar-refractivity contribution in [2.24, 2.45) is 17.8 Å². The Morgan fingerprint density at radius 1 is 0.862 bits per heavy atom. The topological polar surface area (TPSA) is 9.23 Å². The Kier molecular flexibility index (Phi) is 6.77. The van der Waals surface area contributed by atoms with Crippen LogP contribution in [0.15, 0.2) is 30.3 Å². The molecular weight excluding hydrogens is 359 g/mol. The lowest BCUT2D eigenvalue weighted by molar-refractivity contribution is 0.156. The monoisotopic (exact) mass is 396 g/mol. The van der Waals surface area contributed by atoms with Gasteiger partial charge in [-0.2, -0.15) is 0 Å². The SMILES string of the molecule is CCCC1CCC(C2CCC(c3ccc4cc(OCC)ccc4c3F)CC2)CC1. The Labute approximate surface area is 176 Å². The van der Waals surface area contributed by atoms with Gasteiger partial charge < -0.3 is 4.74 Å². The number of fused-ring (bicyclic) bond motifs is 1. The van der Waals surface area contributed by atoms with Crippen molar-refractivity contribution in [1.29, 1.82) is 0 Å². The lowest BCUT2D eigenvalue weighted by Gasteiger charge is -2.38. The summed E-state index contributed by atoms with van der Waals surface area (Å²) in [5.41, 5.74) is 0.937. The molecule has 2 aromatic rings. The van der Waals surface area contributed by atoms with E-state index in [2.05, 4.69) is 13.0 Å². The molecule has 0 saturated heterocycles. The average molecular weight is 397 g/mol. The van der Waals surface area contributed by atoms with Crippen LogP contribution >= 0.6 is 0 Å². The van der Waals surface area contributed by atoms with Crippen molar-refractivity contribution in [3.8, 4) is 5.75 Å². The highest BCUT2D eigenvalue weighted by Gasteiger charge is 2.32. The van der Waals surface area contributed by atoms with Crippen molar-refractivity contribution in [2.75, 3.05) is 6.61 Å². The molecule has 0 aliphatic heterocycles. The second-order valence-electron chi connectivity index (χ2n) is 9.47. The largest absolute Gasteiger partial charge is 0.494 e. The van der Waals surface area contributed by atoms with Gasteiger partial charge in [-0.25, -0.2) is 4.39 Å². The molecule has 2 aliphatic rings. The van der Waals surface area contributed by atoms with Gasteiger partial charge >= 0.3 is 0 Å². The fraction of sp³-hybridized carbons (Fsp3) is 0.630. The fourth-order valence-corrected chi connectivity index (χ4v) is 6.12. The van der Waals surface area contributed by atoms with Crippen molar-refractivity contribution < 1.29 is 9.13 Å². The second-order valence-corrected chi connectivity index (χ2v) is 9.47. The molecule has 0 aromatic heterocycles. The first kappa shape index (κ1) is 20.7. The van der Waals surface area contributed by atoms with Crippen molar-refractivity contribution in [2.45, 2.75) is 84.0 Å². The van der Waals surface area contributed by atoms with Crippen molar-refractivity contribution >= 4 is 10.8 Å². The van der Waals surface area contributed by atoms with Gasteiger partial charge in [-0.3, -0.25) is 0 Å². The molecule has 2 aromatic carbocycles. The molecule has 0 radical (unpaired) electrons. The van der Waals surface area contributed by atoms with E-state index in [0.29, 0.717) is 12.5 Å². The van der Waals surface area contributed by atoms with Crippen LogP contribution in [0.4, 0.5) is 4.39 Å². The Morgan fingerprint density at radius 2 is 1.55 bits per heavy atom. The molecule has 0 unspecified atom stereocenters. The summed E-state index contributed by atoms with van der Waals surface area (Å²) in [6.45, 7) is 4.92. The predicted molar refractivity (Wildman–Crippen MR) is 120 cm³/mol. The molecule has 2 aliphatic carbocycles. The molecule has 0 atom stereocenters. The molecule has 2 saturated carbocycles. The minimum absolute atomic E-state index is 0.00549. The van der Waals surface area contributed by atoms with E-state index >= 15 is 4.39 Å². The van der Waals surface area contributed by atoms with Crippen molar-refractivity contribution in [3.05, 3.63) is 41.7 Å². The maximum absolute atomic E-state index is 15.3. The van der Waals surface area contributed by atoms with Gasteiger partial charge in [0.05, 0.1) is 6.61 Å². The molecule has 0 N–H and O–H groups in total. The van der Waals surface area contributed by atoms with Crippen LogP contribution in [0.25, 0.3) is 10.8 Å². The number of benzene rings is 2. The van der Waals surface area contributed by atoms with Gasteiger partial charge in [0.2, 0.25) is 0 Å². The van der Waals surface area contributed by atoms with Crippen LogP contribution in [0.3, 0.4) is 0 Å². The van der Waals surface area contributed by atoms with Crippen LogP contribution in [0, 0.1) is 23.6 Å². The third-order valence-corrected chi connectivity index (χ3v) is 7.73. The molecule has 1 nitrogen and oxygen atoms in total. The third-order valence-electron chi connectivity index (χ3n) is 7.73. The Balaban J connectivity index is 1.39. The highest BCUT2D eigenvalue weighted by Crippen LogP contribution is 2.45. The van der Waals surface area contributed by atoms with E-state index in [-0.39, 0.29) is 5.82 Å². The maximum atomic E-state index is 15.3. The van der Waals surface area contributed by atoms with E-state index in [0.717, 1.165) is 52.7 Å². The maximum Gasteiger partial charge on any atom is 0.134 e. The van der Waals surface area contributed by atoms with Gasteiger partial charge in [0.15, 0.2) is 0 Å². The Bertz CT molecular complexity index is 798. The zero-order valence-electron chi connectivity index (χ0n) is 18.3. The number of hydrogen-bond acceptors (Lipinski definition) is 1. The average Bonchev–Trinajstić information content (AvgIpc) is 2.75. The van der Waals surface area contributed by atoms with Crippen LogP contribution in [0.5, 0.6) is 5.75 Å². The van der Waals surface area contributed by atoms with E-state index in [4.69, 9.17) is 4.74 Å². The molecule has 0 heterocycles. The number of rotatable bonds is 6. The number of hydrogen-bond donors (Lipinski definition) is 0. The lowest BCUT2D eigenvalue weighted by Crippen LogP contribution is -2.25. The molecule has 29 heavy (non-hydrogen) atoms. The summed E-state index contributed by atoms with van der Waals surface area (Å²) in [4.78, 5) is 0. The quantitative estimate of drug-likeness (QED) is 0.477. The molecule has 2 fully saturated rings. The van der Waals surface area contributed by atoms with Gasteiger partial charge in [-0.1, -0.05) is 44.7 Å². The van der Waals surface area contributed by atoms with Gasteiger partial charge in [0, 0.05) is 5.39 Å². The normalized spacial score (nSPS) is 27.8. The van der Waals surface area contributed by atoms with E-state index < -0.39 is 0 Å². The van der Waals surface area contributed by atoms with Gasteiger partial charge in [-0.05, 0) is 98.3 Å². The summed E-state index contributed by atoms with van der Waals surface area (Å²) in [6, 6.07) is 9.85. The van der Waals surface area contributed by atoms with Crippen molar-refractivity contribution in [3.63, 3.8) is 0 Å². The van der Waals surface area contributed by atoms with Crippen molar-refractivity contribution in [1.82, 2.24) is 0 Å². The first-order chi connectivity index (χ1) is 14.2. The molecular formula is C27H37FO. The second kappa shape index (κ2) is 9.49. The minimum Gasteiger partial charge on any atom is -0.494 e. The molecule has 0 amide bonds. The Morgan fingerprint density at radius 3 is 2.21 bits per heavy atom. The molecule has 2 heteroatoms. The van der Waals surface area contributed by atoms with E-state index in [1.807, 2.05) is 31.2 Å². The fourth-order valence-electron chi connectivity index (χ4n) is 6.12. The standard InChI is InChI=1S/C27H37FO/c1-3-5-19-6-8-20(9-7-19)21-10-12-22(13-11-21)25-16-14-23-18-24(29-4-2)15-17-26(23)27(25)28/h14-22H,3-13H2,1-2H3. The summed E-state index contributed by atoms with van der Waals surface area (Å²) in [6.07, 6.45) is 13.4. The van der Waals surface area contributed by atoms with Crippen LogP contribution in [0.1, 0.15) is 89.5 Å². The molecule has 0 spiro atoms. The van der Waals surface area contributed by atoms with E-state index in [1.54, 1.807) is 0 Å². The van der Waals surface area contributed by atoms with Crippen LogP contribution in [0.2, 0.25) is 0 Å². The van der Waals surface area contributed by atoms with E-state index in [1.165, 1.54) is 51.4 Å². The molecule has 158 valence electrons. The van der Waals surface area contributed by atoms with Crippen LogP contribution in [-0.2, 0) is 0 Å². The third kappa shape index (κ3) is 4.62. The minimum atomic E-state index is -0.00549. The van der Waals surface area contributed by atoms with Gasteiger partial charge in [-0.15, -0.1) is 0 Å². The van der Waals surface area contributed by atoms with Crippen LogP contribution in [-0.4, -0.2) is 6.61 Å². The summed E-state index contributed by atoms with van der Waals surface area (Å²) in [5.74, 6) is 4.00. The molecule has 0 bridgehead atoms. The summed E-state index contributed by atoms with van der Waals surface area (Å²) >= 11 is 0. The summed E-state index contributed by atoms with van der Waals surface area (Å²) < 4.78 is 20.9. The first-order valence-electron chi connectivity index (χ1n) is 12.0. The van der Waals surface area contributed by atoms with E-state index in [9.17, 15) is 0 Å². The molecule has 4 rings (SSSR count). The summed E-state index contributed by atoms with van der Waals surface area (Å²) in [5, 5.41) is 1.68. The number of halogens is 1. The van der Waals surface area contributed by atoms with Gasteiger partial charge in [0.25, 0.3) is 0 Å². The smallest absolute Gasteiger partial charge is 0.134 e. The highest BCUT2D eigenvalue weighted by atomic mass is 19.1. The van der Waals surface area contributed by atoms with Crippen LogP contribution < -0.4 is 4.74 Å². The zero-order valence-corrected chi connectivity index (χ0v) is 18.3. The lowest BCUT2D eigenvalue weighted by atomic mass is 9.68. The number of ether oxygens (including phenoxy) is 1. The zero-order chi connectivity index (χ0) is 20.2.